The first-order chi connectivity index (χ1) is 9.79. The predicted molar refractivity (Wildman–Crippen MR) is 85.2 cm³/mol. The molecule has 4 heteroatoms. The first kappa shape index (κ1) is 13.6. The molecule has 3 heterocycles. The summed E-state index contributed by atoms with van der Waals surface area (Å²) in [6, 6.07) is 6.99. The first-order valence-corrected chi connectivity index (χ1v) is 8.15. The van der Waals surface area contributed by atoms with Crippen molar-refractivity contribution in [1.82, 2.24) is 9.88 Å². The van der Waals surface area contributed by atoms with Crippen LogP contribution in [-0.4, -0.2) is 23.0 Å². The molecule has 1 aliphatic heterocycles. The van der Waals surface area contributed by atoms with Crippen molar-refractivity contribution in [2.75, 3.05) is 18.4 Å². The lowest BCUT2D eigenvalue weighted by molar-refractivity contribution is 0.191. The molecular weight excluding hydrogens is 266 g/mol. The van der Waals surface area contributed by atoms with E-state index in [4.69, 9.17) is 0 Å². The number of rotatable bonds is 4. The van der Waals surface area contributed by atoms with Crippen LogP contribution in [0, 0.1) is 0 Å². The van der Waals surface area contributed by atoms with Gasteiger partial charge in [-0.25, -0.2) is 4.98 Å². The van der Waals surface area contributed by atoms with E-state index in [0.29, 0.717) is 6.04 Å². The lowest BCUT2D eigenvalue weighted by Gasteiger charge is -2.33. The molecule has 1 aliphatic rings. The van der Waals surface area contributed by atoms with Gasteiger partial charge < -0.3 is 5.32 Å². The van der Waals surface area contributed by atoms with Crippen LogP contribution < -0.4 is 5.32 Å². The number of fused-ring (bicyclic) bond motifs is 1. The number of nitrogens with zero attached hydrogens (tertiary/aromatic N) is 2. The highest BCUT2D eigenvalue weighted by molar-refractivity contribution is 7.10. The van der Waals surface area contributed by atoms with Crippen LogP contribution in [0.5, 0.6) is 0 Å². The van der Waals surface area contributed by atoms with E-state index in [0.717, 1.165) is 25.5 Å². The molecule has 20 heavy (non-hydrogen) atoms. The smallest absolute Gasteiger partial charge is 0.130 e. The van der Waals surface area contributed by atoms with Crippen LogP contribution in [0.4, 0.5) is 5.82 Å². The summed E-state index contributed by atoms with van der Waals surface area (Å²) in [7, 11) is 0. The zero-order valence-corrected chi connectivity index (χ0v) is 12.9. The van der Waals surface area contributed by atoms with Crippen LogP contribution in [-0.2, 0) is 13.0 Å². The molecule has 1 atom stereocenters. The van der Waals surface area contributed by atoms with E-state index in [2.05, 4.69) is 46.6 Å². The highest BCUT2D eigenvalue weighted by atomic mass is 32.1. The van der Waals surface area contributed by atoms with Crippen molar-refractivity contribution in [1.29, 1.82) is 0 Å². The molecule has 3 rings (SSSR count). The summed E-state index contributed by atoms with van der Waals surface area (Å²) in [5.74, 6) is 1.03. The van der Waals surface area contributed by atoms with Gasteiger partial charge in [-0.05, 0) is 43.3 Å². The van der Waals surface area contributed by atoms with E-state index >= 15 is 0 Å². The van der Waals surface area contributed by atoms with Crippen LogP contribution in [0.25, 0.3) is 0 Å². The molecule has 0 saturated heterocycles. The van der Waals surface area contributed by atoms with Gasteiger partial charge in [0.05, 0.1) is 0 Å². The monoisotopic (exact) mass is 287 g/mol. The van der Waals surface area contributed by atoms with Gasteiger partial charge in [-0.1, -0.05) is 6.07 Å². The first-order valence-electron chi connectivity index (χ1n) is 7.27. The van der Waals surface area contributed by atoms with E-state index in [9.17, 15) is 0 Å². The number of thiophene rings is 1. The molecule has 0 saturated carbocycles. The standard InChI is InChI=1S/C16H21N3S/c1-3-17-16-13(5-4-8-18-16)11-19-9-6-15-14(12(19)2)7-10-20-15/h4-5,7-8,10,12H,3,6,9,11H2,1-2H3,(H,17,18). The Morgan fingerprint density at radius 3 is 3.20 bits per heavy atom. The van der Waals surface area contributed by atoms with Gasteiger partial charge in [0, 0.05) is 42.3 Å². The summed E-state index contributed by atoms with van der Waals surface area (Å²) >= 11 is 1.90. The molecule has 2 aromatic heterocycles. The lowest BCUT2D eigenvalue weighted by Crippen LogP contribution is -2.32. The Balaban J connectivity index is 1.79. The fourth-order valence-electron chi connectivity index (χ4n) is 2.89. The Morgan fingerprint density at radius 1 is 1.45 bits per heavy atom. The molecule has 0 spiro atoms. The van der Waals surface area contributed by atoms with Gasteiger partial charge in [0.15, 0.2) is 0 Å². The summed E-state index contributed by atoms with van der Waals surface area (Å²) in [4.78, 5) is 8.57. The van der Waals surface area contributed by atoms with Crippen LogP contribution in [0.1, 0.15) is 35.9 Å². The summed E-state index contributed by atoms with van der Waals surface area (Å²) in [5, 5.41) is 5.58. The molecule has 1 N–H and O–H groups in total. The van der Waals surface area contributed by atoms with Gasteiger partial charge >= 0.3 is 0 Å². The van der Waals surface area contributed by atoms with E-state index < -0.39 is 0 Å². The van der Waals surface area contributed by atoms with E-state index in [1.165, 1.54) is 17.5 Å². The van der Waals surface area contributed by atoms with Crippen LogP contribution >= 0.6 is 11.3 Å². The number of pyridine rings is 1. The Bertz CT molecular complexity index is 579. The van der Waals surface area contributed by atoms with Crippen molar-refractivity contribution >= 4 is 17.2 Å². The number of hydrogen-bond donors (Lipinski definition) is 1. The van der Waals surface area contributed by atoms with Crippen LogP contribution in [0.3, 0.4) is 0 Å². The molecule has 0 aliphatic carbocycles. The SMILES string of the molecule is CCNc1ncccc1CN1CCc2sccc2C1C. The third-order valence-electron chi connectivity index (χ3n) is 4.01. The molecule has 0 bridgehead atoms. The lowest BCUT2D eigenvalue weighted by atomic mass is 10.0. The summed E-state index contributed by atoms with van der Waals surface area (Å²) < 4.78 is 0. The van der Waals surface area contributed by atoms with Crippen molar-refractivity contribution in [2.45, 2.75) is 32.9 Å². The number of aromatic nitrogens is 1. The zero-order valence-electron chi connectivity index (χ0n) is 12.1. The summed E-state index contributed by atoms with van der Waals surface area (Å²) in [5.41, 5.74) is 2.80. The second-order valence-corrected chi connectivity index (χ2v) is 6.24. The fourth-order valence-corrected chi connectivity index (χ4v) is 3.85. The molecule has 0 aromatic carbocycles. The molecule has 3 nitrogen and oxygen atoms in total. The summed E-state index contributed by atoms with van der Waals surface area (Å²) in [6.07, 6.45) is 3.03. The van der Waals surface area contributed by atoms with Crippen LogP contribution in [0.2, 0.25) is 0 Å². The maximum absolute atomic E-state index is 4.46. The average molecular weight is 287 g/mol. The maximum Gasteiger partial charge on any atom is 0.130 e. The van der Waals surface area contributed by atoms with Gasteiger partial charge in [0.25, 0.3) is 0 Å². The van der Waals surface area contributed by atoms with Crippen molar-refractivity contribution in [3.05, 3.63) is 45.8 Å². The topological polar surface area (TPSA) is 28.2 Å². The molecular formula is C16H21N3S. The largest absolute Gasteiger partial charge is 0.370 e. The van der Waals surface area contributed by atoms with E-state index in [1.54, 1.807) is 4.88 Å². The third kappa shape index (κ3) is 2.58. The van der Waals surface area contributed by atoms with Crippen LogP contribution in [0.15, 0.2) is 29.8 Å². The molecule has 0 radical (unpaired) electrons. The highest BCUT2D eigenvalue weighted by Gasteiger charge is 2.25. The van der Waals surface area contributed by atoms with Gasteiger partial charge in [0.1, 0.15) is 5.82 Å². The van der Waals surface area contributed by atoms with Gasteiger partial charge in [-0.2, -0.15) is 0 Å². The van der Waals surface area contributed by atoms with Crippen molar-refractivity contribution < 1.29 is 0 Å². The quantitative estimate of drug-likeness (QED) is 0.929. The summed E-state index contributed by atoms with van der Waals surface area (Å²) in [6.45, 7) is 7.43. The second-order valence-electron chi connectivity index (χ2n) is 5.24. The zero-order chi connectivity index (χ0) is 13.9. The van der Waals surface area contributed by atoms with Crippen molar-refractivity contribution in [3.63, 3.8) is 0 Å². The number of nitrogens with one attached hydrogen (secondary N) is 1. The Hall–Kier alpha value is -1.39. The third-order valence-corrected chi connectivity index (χ3v) is 5.01. The van der Waals surface area contributed by atoms with Crippen molar-refractivity contribution in [2.24, 2.45) is 0 Å². The average Bonchev–Trinajstić information content (AvgIpc) is 2.93. The molecule has 106 valence electrons. The minimum absolute atomic E-state index is 0.500. The minimum Gasteiger partial charge on any atom is -0.370 e. The molecule has 1 unspecified atom stereocenters. The predicted octanol–water partition coefficient (Wildman–Crippen LogP) is 3.69. The normalized spacial score (nSPS) is 18.8. The molecule has 0 fully saturated rings. The Morgan fingerprint density at radius 2 is 2.35 bits per heavy atom. The second kappa shape index (κ2) is 5.94. The number of anilines is 1. The highest BCUT2D eigenvalue weighted by Crippen LogP contribution is 2.34. The minimum atomic E-state index is 0.500. The van der Waals surface area contributed by atoms with Gasteiger partial charge in [-0.3, -0.25) is 4.90 Å². The Kier molecular flexibility index (Phi) is 4.03. The fraction of sp³-hybridized carbons (Fsp3) is 0.438. The Labute approximate surface area is 124 Å². The molecule has 0 amide bonds. The van der Waals surface area contributed by atoms with Gasteiger partial charge in [0.2, 0.25) is 0 Å². The van der Waals surface area contributed by atoms with Gasteiger partial charge in [-0.15, -0.1) is 11.3 Å². The van der Waals surface area contributed by atoms with Crippen molar-refractivity contribution in [3.8, 4) is 0 Å². The molecule has 2 aromatic rings. The van der Waals surface area contributed by atoms with E-state index in [-0.39, 0.29) is 0 Å². The number of hydrogen-bond acceptors (Lipinski definition) is 4. The maximum atomic E-state index is 4.46. The van der Waals surface area contributed by atoms with E-state index in [1.807, 2.05) is 23.6 Å².